The van der Waals surface area contributed by atoms with Crippen LogP contribution in [0.1, 0.15) is 19.8 Å². The van der Waals surface area contributed by atoms with E-state index in [1.165, 1.54) is 0 Å². The van der Waals surface area contributed by atoms with E-state index in [4.69, 9.17) is 5.11 Å². The molecule has 0 rings (SSSR count). The smallest absolute Gasteiger partial charge is 0.391 e. The number of rotatable bonds is 4. The summed E-state index contributed by atoms with van der Waals surface area (Å²) in [5.74, 6) is -2.30. The summed E-state index contributed by atoms with van der Waals surface area (Å²) in [7, 11) is 0. The van der Waals surface area contributed by atoms with Crippen LogP contribution in [0.4, 0.5) is 13.2 Å². The van der Waals surface area contributed by atoms with E-state index < -0.39 is 36.9 Å². The Bertz CT molecular complexity index is 227. The first-order valence-corrected chi connectivity index (χ1v) is 3.78. The molecule has 1 amide bonds. The minimum absolute atomic E-state index is 0.817. The van der Waals surface area contributed by atoms with Crippen LogP contribution in [0, 0.1) is 0 Å². The molecular weight excluding hydrogens is 203 g/mol. The van der Waals surface area contributed by atoms with Gasteiger partial charge in [-0.3, -0.25) is 9.59 Å². The molecule has 0 saturated heterocycles. The molecule has 0 aliphatic heterocycles. The number of hydrogen-bond donors (Lipinski definition) is 2. The highest BCUT2D eigenvalue weighted by Gasteiger charge is 2.30. The second-order valence-corrected chi connectivity index (χ2v) is 2.86. The molecule has 4 nitrogen and oxygen atoms in total. The summed E-state index contributed by atoms with van der Waals surface area (Å²) in [4.78, 5) is 20.7. The highest BCUT2D eigenvalue weighted by molar-refractivity contribution is 5.93. The molecule has 0 aromatic heterocycles. The molecule has 1 unspecified atom stereocenters. The first kappa shape index (κ1) is 12.7. The lowest BCUT2D eigenvalue weighted by Crippen LogP contribution is -2.36. The van der Waals surface area contributed by atoms with E-state index in [9.17, 15) is 22.8 Å². The number of carboxylic acids is 1. The van der Waals surface area contributed by atoms with Gasteiger partial charge >= 0.3 is 12.1 Å². The van der Waals surface area contributed by atoms with Gasteiger partial charge in [0, 0.05) is 6.04 Å². The van der Waals surface area contributed by atoms with Gasteiger partial charge in [0.15, 0.2) is 0 Å². The van der Waals surface area contributed by atoms with Crippen LogP contribution in [0.3, 0.4) is 0 Å². The van der Waals surface area contributed by atoms with E-state index in [1.54, 1.807) is 0 Å². The summed E-state index contributed by atoms with van der Waals surface area (Å²) in [6.45, 7) is 1.16. The zero-order valence-corrected chi connectivity index (χ0v) is 7.39. The fourth-order valence-corrected chi connectivity index (χ4v) is 0.861. The molecule has 0 aromatic carbocycles. The molecule has 0 radical (unpaired) electrons. The molecule has 0 aliphatic carbocycles. The number of carboxylic acid groups (broad SMARTS) is 1. The summed E-state index contributed by atoms with van der Waals surface area (Å²) in [5.41, 5.74) is 0. The normalized spacial score (nSPS) is 13.4. The van der Waals surface area contributed by atoms with Crippen molar-refractivity contribution in [3.05, 3.63) is 0 Å². The fraction of sp³-hybridized carbons (Fsp3) is 0.714. The van der Waals surface area contributed by atoms with Crippen LogP contribution in [-0.2, 0) is 9.59 Å². The van der Waals surface area contributed by atoms with Crippen LogP contribution in [0.5, 0.6) is 0 Å². The molecule has 14 heavy (non-hydrogen) atoms. The monoisotopic (exact) mass is 213 g/mol. The van der Waals surface area contributed by atoms with Crippen LogP contribution in [0.25, 0.3) is 0 Å². The van der Waals surface area contributed by atoms with Gasteiger partial charge in [-0.1, -0.05) is 0 Å². The van der Waals surface area contributed by atoms with E-state index in [0.717, 1.165) is 6.92 Å². The fourth-order valence-electron chi connectivity index (χ4n) is 0.861. The predicted molar refractivity (Wildman–Crippen MR) is 40.5 cm³/mol. The maximum atomic E-state index is 11.8. The van der Waals surface area contributed by atoms with Gasteiger partial charge in [0.25, 0.3) is 0 Å². The second-order valence-electron chi connectivity index (χ2n) is 2.86. The van der Waals surface area contributed by atoms with E-state index in [-0.39, 0.29) is 0 Å². The second kappa shape index (κ2) is 4.83. The Morgan fingerprint density at radius 2 is 1.93 bits per heavy atom. The molecule has 0 saturated carbocycles. The maximum absolute atomic E-state index is 11.8. The van der Waals surface area contributed by atoms with Crippen molar-refractivity contribution in [1.82, 2.24) is 5.32 Å². The lowest BCUT2D eigenvalue weighted by Gasteiger charge is -2.14. The van der Waals surface area contributed by atoms with Gasteiger partial charge in [0.1, 0.15) is 6.42 Å². The Morgan fingerprint density at radius 3 is 2.29 bits per heavy atom. The largest absolute Gasteiger partial charge is 0.481 e. The third-order valence-corrected chi connectivity index (χ3v) is 1.26. The van der Waals surface area contributed by atoms with Crippen LogP contribution in [0.2, 0.25) is 0 Å². The van der Waals surface area contributed by atoms with Crippen molar-refractivity contribution >= 4 is 11.9 Å². The minimum atomic E-state index is -4.37. The SMILES string of the molecule is CC(CC(F)(F)F)NC(=O)CC(=O)O. The highest BCUT2D eigenvalue weighted by atomic mass is 19.4. The third-order valence-electron chi connectivity index (χ3n) is 1.26. The van der Waals surface area contributed by atoms with Gasteiger partial charge in [0.05, 0.1) is 6.42 Å². The maximum Gasteiger partial charge on any atom is 0.391 e. The van der Waals surface area contributed by atoms with Crippen molar-refractivity contribution in [2.45, 2.75) is 32.0 Å². The molecule has 7 heteroatoms. The number of carbonyl (C=O) groups excluding carboxylic acids is 1. The van der Waals surface area contributed by atoms with Crippen molar-refractivity contribution in [2.75, 3.05) is 0 Å². The Kier molecular flexibility index (Phi) is 4.39. The number of hydrogen-bond acceptors (Lipinski definition) is 2. The summed E-state index contributed by atoms with van der Waals surface area (Å²) in [5, 5.41) is 10.1. The third kappa shape index (κ3) is 7.38. The predicted octanol–water partition coefficient (Wildman–Crippen LogP) is 0.918. The van der Waals surface area contributed by atoms with Crippen molar-refractivity contribution in [1.29, 1.82) is 0 Å². The Morgan fingerprint density at radius 1 is 1.43 bits per heavy atom. The van der Waals surface area contributed by atoms with Gasteiger partial charge in [-0.2, -0.15) is 13.2 Å². The first-order chi connectivity index (χ1) is 6.20. The van der Waals surface area contributed by atoms with Gasteiger partial charge in [-0.05, 0) is 6.92 Å². The molecule has 0 fully saturated rings. The van der Waals surface area contributed by atoms with Crippen LogP contribution in [0.15, 0.2) is 0 Å². The lowest BCUT2D eigenvalue weighted by molar-refractivity contribution is -0.143. The summed E-state index contributed by atoms with van der Waals surface area (Å²) < 4.78 is 35.3. The summed E-state index contributed by atoms with van der Waals surface area (Å²) in [6.07, 6.45) is -6.35. The molecule has 0 spiro atoms. The summed E-state index contributed by atoms with van der Waals surface area (Å²) >= 11 is 0. The number of halogens is 3. The number of alkyl halides is 3. The van der Waals surface area contributed by atoms with E-state index in [1.807, 2.05) is 5.32 Å². The molecule has 0 aliphatic rings. The molecule has 1 atom stereocenters. The molecule has 0 bridgehead atoms. The van der Waals surface area contributed by atoms with Crippen LogP contribution >= 0.6 is 0 Å². The van der Waals surface area contributed by atoms with Crippen LogP contribution < -0.4 is 5.32 Å². The molecule has 82 valence electrons. The lowest BCUT2D eigenvalue weighted by atomic mass is 10.2. The molecule has 0 aromatic rings. The van der Waals surface area contributed by atoms with Crippen molar-refractivity contribution in [3.63, 3.8) is 0 Å². The van der Waals surface area contributed by atoms with E-state index in [0.29, 0.717) is 0 Å². The Balaban J connectivity index is 3.89. The summed E-state index contributed by atoms with van der Waals surface area (Å²) in [6, 6.07) is -1.11. The molecular formula is C7H10F3NO3. The van der Waals surface area contributed by atoms with Crippen molar-refractivity contribution in [2.24, 2.45) is 0 Å². The quantitative estimate of drug-likeness (QED) is 0.682. The number of carbonyl (C=O) groups is 2. The average Bonchev–Trinajstić information content (AvgIpc) is 1.77. The average molecular weight is 213 g/mol. The first-order valence-electron chi connectivity index (χ1n) is 3.78. The molecule has 2 N–H and O–H groups in total. The van der Waals surface area contributed by atoms with E-state index in [2.05, 4.69) is 0 Å². The Labute approximate surface area is 78.1 Å². The minimum Gasteiger partial charge on any atom is -0.481 e. The topological polar surface area (TPSA) is 66.4 Å². The number of amides is 1. The molecule has 0 heterocycles. The van der Waals surface area contributed by atoms with Crippen molar-refractivity contribution < 1.29 is 27.9 Å². The van der Waals surface area contributed by atoms with Gasteiger partial charge in [0.2, 0.25) is 5.91 Å². The Hall–Kier alpha value is -1.27. The van der Waals surface area contributed by atoms with Gasteiger partial charge in [-0.15, -0.1) is 0 Å². The van der Waals surface area contributed by atoms with Crippen LogP contribution in [-0.4, -0.2) is 29.2 Å². The number of aliphatic carboxylic acids is 1. The van der Waals surface area contributed by atoms with Gasteiger partial charge < -0.3 is 10.4 Å². The standard InChI is InChI=1S/C7H10F3NO3/c1-4(3-7(8,9)10)11-5(12)2-6(13)14/h4H,2-3H2,1H3,(H,11,12)(H,13,14). The van der Waals surface area contributed by atoms with Gasteiger partial charge in [-0.25, -0.2) is 0 Å². The zero-order chi connectivity index (χ0) is 11.4. The number of nitrogens with one attached hydrogen (secondary N) is 1. The highest BCUT2D eigenvalue weighted by Crippen LogP contribution is 2.21. The van der Waals surface area contributed by atoms with Crippen molar-refractivity contribution in [3.8, 4) is 0 Å². The zero-order valence-electron chi connectivity index (χ0n) is 7.39. The van der Waals surface area contributed by atoms with E-state index >= 15 is 0 Å².